The summed E-state index contributed by atoms with van der Waals surface area (Å²) in [7, 11) is 0. The van der Waals surface area contributed by atoms with Gasteiger partial charge in [-0.25, -0.2) is 0 Å². The number of hydroxylamine groups is 4. The third kappa shape index (κ3) is 2.52. The van der Waals surface area contributed by atoms with Gasteiger partial charge < -0.3 is 10.4 Å². The monoisotopic (exact) mass is 312 g/mol. The zero-order valence-corrected chi connectivity index (χ0v) is 15.8. The van der Waals surface area contributed by atoms with E-state index in [2.05, 4.69) is 55.4 Å². The van der Waals surface area contributed by atoms with E-state index in [1.165, 1.54) is 0 Å². The number of rotatable bonds is 1. The molecule has 2 fully saturated rings. The van der Waals surface area contributed by atoms with Crippen molar-refractivity contribution in [2.45, 2.75) is 103 Å². The first-order valence-electron chi connectivity index (χ1n) is 8.75. The molecule has 0 bridgehead atoms. The van der Waals surface area contributed by atoms with Gasteiger partial charge in [0.05, 0.1) is 11.1 Å². The van der Waals surface area contributed by atoms with Crippen LogP contribution in [0.4, 0.5) is 0 Å². The van der Waals surface area contributed by atoms with Crippen LogP contribution in [0.3, 0.4) is 0 Å². The highest BCUT2D eigenvalue weighted by atomic mass is 16.5. The van der Waals surface area contributed by atoms with Crippen molar-refractivity contribution in [3.63, 3.8) is 0 Å². The quantitative estimate of drug-likeness (QED) is 0.757. The Bertz CT molecular complexity index is 397. The van der Waals surface area contributed by atoms with E-state index in [0.717, 1.165) is 25.7 Å². The molecule has 2 saturated heterocycles. The highest BCUT2D eigenvalue weighted by molar-refractivity contribution is 5.14. The average Bonchev–Trinajstić information content (AvgIpc) is 2.31. The van der Waals surface area contributed by atoms with Crippen LogP contribution in [0.15, 0.2) is 0 Å². The minimum atomic E-state index is -0.477. The largest absolute Gasteiger partial charge is 0.313 e. The smallest absolute Gasteiger partial charge is 0.0644 e. The summed E-state index contributed by atoms with van der Waals surface area (Å²) in [6, 6.07) is 0. The summed E-state index contributed by atoms with van der Waals surface area (Å²) in [6.45, 7) is 17.2. The molecule has 0 aromatic heterocycles. The van der Waals surface area contributed by atoms with Crippen LogP contribution in [0.1, 0.15) is 81.1 Å². The second-order valence-electron chi connectivity index (χ2n) is 9.82. The van der Waals surface area contributed by atoms with Crippen molar-refractivity contribution in [2.75, 3.05) is 0 Å². The van der Waals surface area contributed by atoms with Crippen LogP contribution in [0, 0.1) is 11.8 Å². The second-order valence-corrected chi connectivity index (χ2v) is 9.82. The van der Waals surface area contributed by atoms with Gasteiger partial charge in [-0.3, -0.25) is 0 Å². The molecule has 2 N–H and O–H groups in total. The molecule has 0 aromatic carbocycles. The van der Waals surface area contributed by atoms with Crippen LogP contribution >= 0.6 is 0 Å². The standard InChI is InChI=1S/C18H36N2O2/c1-13-9-15(3,4)19(21)17(7,11-13)18(8)12-14(2)10-16(5,6)20(18)22/h13-14,21-22H,9-12H2,1-8H3. The molecule has 2 aliphatic rings. The molecule has 2 heterocycles. The summed E-state index contributed by atoms with van der Waals surface area (Å²) in [5.41, 5.74) is -1.51. The molecular weight excluding hydrogens is 276 g/mol. The Labute approximate surface area is 136 Å². The number of hydrogen-bond acceptors (Lipinski definition) is 4. The first-order valence-corrected chi connectivity index (χ1v) is 8.75. The predicted molar refractivity (Wildman–Crippen MR) is 89.0 cm³/mol. The van der Waals surface area contributed by atoms with Crippen molar-refractivity contribution in [2.24, 2.45) is 11.8 Å². The fourth-order valence-electron chi connectivity index (χ4n) is 5.78. The fraction of sp³-hybridized carbons (Fsp3) is 1.00. The Hall–Kier alpha value is -0.160. The van der Waals surface area contributed by atoms with E-state index in [4.69, 9.17) is 0 Å². The average molecular weight is 312 g/mol. The lowest BCUT2D eigenvalue weighted by atomic mass is 9.61. The van der Waals surface area contributed by atoms with E-state index >= 15 is 0 Å². The Morgan fingerprint density at radius 2 is 0.909 bits per heavy atom. The van der Waals surface area contributed by atoms with Gasteiger partial charge in [-0.1, -0.05) is 13.8 Å². The van der Waals surface area contributed by atoms with E-state index in [0.29, 0.717) is 11.8 Å². The molecule has 4 heteroatoms. The third-order valence-electron chi connectivity index (χ3n) is 6.43. The van der Waals surface area contributed by atoms with Crippen LogP contribution in [-0.2, 0) is 0 Å². The van der Waals surface area contributed by atoms with Crippen LogP contribution in [-0.4, -0.2) is 42.7 Å². The molecule has 2 rings (SSSR count). The Morgan fingerprint density at radius 3 is 1.18 bits per heavy atom. The van der Waals surface area contributed by atoms with Crippen LogP contribution in [0.25, 0.3) is 0 Å². The molecule has 0 radical (unpaired) electrons. The molecule has 22 heavy (non-hydrogen) atoms. The van der Waals surface area contributed by atoms with Crippen molar-refractivity contribution in [3.05, 3.63) is 0 Å². The highest BCUT2D eigenvalue weighted by Gasteiger charge is 2.62. The molecule has 0 spiro atoms. The molecule has 4 nitrogen and oxygen atoms in total. The van der Waals surface area contributed by atoms with Crippen molar-refractivity contribution >= 4 is 0 Å². The van der Waals surface area contributed by atoms with E-state index in [1.54, 1.807) is 10.1 Å². The van der Waals surface area contributed by atoms with Gasteiger partial charge in [0.2, 0.25) is 0 Å². The van der Waals surface area contributed by atoms with Gasteiger partial charge in [-0.15, -0.1) is 0 Å². The minimum Gasteiger partial charge on any atom is -0.313 e. The Balaban J connectivity index is 2.49. The van der Waals surface area contributed by atoms with Crippen molar-refractivity contribution < 1.29 is 10.4 Å². The predicted octanol–water partition coefficient (Wildman–Crippen LogP) is 4.30. The minimum absolute atomic E-state index is 0.277. The van der Waals surface area contributed by atoms with Crippen molar-refractivity contribution in [1.29, 1.82) is 0 Å². The topological polar surface area (TPSA) is 46.9 Å². The number of hydrogen-bond donors (Lipinski definition) is 2. The summed E-state index contributed by atoms with van der Waals surface area (Å²) in [5.74, 6) is 1.04. The number of piperidine rings is 2. The van der Waals surface area contributed by atoms with Gasteiger partial charge in [0.1, 0.15) is 0 Å². The SMILES string of the molecule is CC1CC(C)(C)N(O)C(C)(C2(C)CC(C)CC(C)(C)N2O)C1. The van der Waals surface area contributed by atoms with Gasteiger partial charge in [-0.05, 0) is 79.1 Å². The Morgan fingerprint density at radius 1 is 0.636 bits per heavy atom. The molecular formula is C18H36N2O2. The highest BCUT2D eigenvalue weighted by Crippen LogP contribution is 2.53. The van der Waals surface area contributed by atoms with Crippen molar-refractivity contribution in [1.82, 2.24) is 10.1 Å². The lowest BCUT2D eigenvalue weighted by Gasteiger charge is -2.65. The lowest BCUT2D eigenvalue weighted by molar-refractivity contribution is -0.347. The van der Waals surface area contributed by atoms with Crippen LogP contribution < -0.4 is 0 Å². The van der Waals surface area contributed by atoms with Gasteiger partial charge in [0, 0.05) is 11.1 Å². The zero-order valence-electron chi connectivity index (χ0n) is 15.8. The molecule has 0 aliphatic carbocycles. The fourth-order valence-corrected chi connectivity index (χ4v) is 5.78. The second kappa shape index (κ2) is 5.17. The maximum Gasteiger partial charge on any atom is 0.0644 e. The Kier molecular flexibility index (Phi) is 4.27. The van der Waals surface area contributed by atoms with Gasteiger partial charge in [0.25, 0.3) is 0 Å². The summed E-state index contributed by atoms with van der Waals surface area (Å²) < 4.78 is 0. The molecule has 4 atom stereocenters. The van der Waals surface area contributed by atoms with Gasteiger partial charge >= 0.3 is 0 Å². The van der Waals surface area contributed by atoms with E-state index in [9.17, 15) is 10.4 Å². The molecule has 0 aromatic rings. The third-order valence-corrected chi connectivity index (χ3v) is 6.43. The summed E-state index contributed by atoms with van der Waals surface area (Å²) in [4.78, 5) is 0. The summed E-state index contributed by atoms with van der Waals surface area (Å²) in [6.07, 6.45) is 3.73. The first kappa shape index (κ1) is 18.2. The normalized spacial score (nSPS) is 46.6. The molecule has 0 saturated carbocycles. The zero-order chi connectivity index (χ0) is 17.1. The van der Waals surface area contributed by atoms with Crippen LogP contribution in [0.2, 0.25) is 0 Å². The summed E-state index contributed by atoms with van der Waals surface area (Å²) >= 11 is 0. The van der Waals surface area contributed by atoms with E-state index in [-0.39, 0.29) is 11.1 Å². The molecule has 4 unspecified atom stereocenters. The summed E-state index contributed by atoms with van der Waals surface area (Å²) in [5, 5.41) is 25.2. The molecule has 0 amide bonds. The molecule has 130 valence electrons. The van der Waals surface area contributed by atoms with Gasteiger partial charge in [0.15, 0.2) is 0 Å². The maximum absolute atomic E-state index is 11.1. The van der Waals surface area contributed by atoms with Gasteiger partial charge in [-0.2, -0.15) is 10.1 Å². The number of nitrogens with zero attached hydrogens (tertiary/aromatic N) is 2. The first-order chi connectivity index (χ1) is 9.76. The molecule has 2 aliphatic heterocycles. The maximum atomic E-state index is 11.1. The van der Waals surface area contributed by atoms with E-state index in [1.807, 2.05) is 0 Å². The van der Waals surface area contributed by atoms with Crippen molar-refractivity contribution in [3.8, 4) is 0 Å². The van der Waals surface area contributed by atoms with Crippen LogP contribution in [0.5, 0.6) is 0 Å². The van der Waals surface area contributed by atoms with E-state index < -0.39 is 11.1 Å². The lowest BCUT2D eigenvalue weighted by Crippen LogP contribution is -2.77.